The Kier molecular flexibility index (Phi) is 9.87. The Bertz CT molecular complexity index is 586. The van der Waals surface area contributed by atoms with E-state index in [4.69, 9.17) is 5.11 Å². The van der Waals surface area contributed by atoms with Crippen LogP contribution in [0.1, 0.15) is 64.7 Å². The van der Waals surface area contributed by atoms with Crippen molar-refractivity contribution in [2.45, 2.75) is 76.2 Å². The lowest BCUT2D eigenvalue weighted by Crippen LogP contribution is -2.35. The average molecular weight is 390 g/mol. The molecule has 0 aromatic rings. The maximum atomic E-state index is 12.2. The van der Waals surface area contributed by atoms with Gasteiger partial charge in [-0.3, -0.25) is 9.59 Å². The zero-order valence-corrected chi connectivity index (χ0v) is 16.3. The van der Waals surface area contributed by atoms with Gasteiger partial charge >= 0.3 is 5.97 Å². The van der Waals surface area contributed by atoms with Crippen LogP contribution < -0.4 is 0 Å². The minimum atomic E-state index is -3.56. The van der Waals surface area contributed by atoms with Crippen molar-refractivity contribution in [2.75, 3.05) is 12.3 Å². The first-order valence-electron chi connectivity index (χ1n) is 9.37. The molecule has 1 rings (SSSR count). The fourth-order valence-electron chi connectivity index (χ4n) is 2.99. The maximum absolute atomic E-state index is 12.2. The van der Waals surface area contributed by atoms with Crippen LogP contribution in [0.3, 0.4) is 0 Å². The molecule has 0 bridgehead atoms. The van der Waals surface area contributed by atoms with E-state index in [0.717, 1.165) is 32.1 Å². The van der Waals surface area contributed by atoms with E-state index < -0.39 is 38.9 Å². The lowest BCUT2D eigenvalue weighted by molar-refractivity contribution is -0.137. The first-order chi connectivity index (χ1) is 12.3. The molecule has 1 aliphatic heterocycles. The summed E-state index contributed by atoms with van der Waals surface area (Å²) in [5.74, 6) is -1.73. The molecule has 150 valence electrons. The molecule has 2 atom stereocenters. The smallest absolute Gasteiger partial charge is 0.303 e. The quantitative estimate of drug-likeness (QED) is 0.368. The van der Waals surface area contributed by atoms with Gasteiger partial charge in [-0.1, -0.05) is 45.1 Å². The topological polar surface area (TPSA) is 112 Å². The highest BCUT2D eigenvalue weighted by Gasteiger charge is 2.41. The summed E-state index contributed by atoms with van der Waals surface area (Å²) in [6.45, 7) is 2.39. The van der Waals surface area contributed by atoms with Crippen LogP contribution in [0.2, 0.25) is 0 Å². The van der Waals surface area contributed by atoms with E-state index in [1.807, 2.05) is 0 Å². The van der Waals surface area contributed by atoms with Crippen molar-refractivity contribution in [1.29, 1.82) is 0 Å². The molecule has 2 N–H and O–H groups in total. The SMILES string of the molecule is CCCCCC(O)C=CC1N(CCCCCCC(=O)O)C(=O)CS1(=O)=O. The summed E-state index contributed by atoms with van der Waals surface area (Å²) in [6, 6.07) is 0. The number of carboxylic acid groups (broad SMARTS) is 1. The summed E-state index contributed by atoms with van der Waals surface area (Å²) in [6.07, 6.45) is 8.53. The largest absolute Gasteiger partial charge is 0.481 e. The fraction of sp³-hybridized carbons (Fsp3) is 0.778. The lowest BCUT2D eigenvalue weighted by Gasteiger charge is -2.21. The van der Waals surface area contributed by atoms with Gasteiger partial charge in [0.25, 0.3) is 0 Å². The Morgan fingerprint density at radius 3 is 2.58 bits per heavy atom. The van der Waals surface area contributed by atoms with Gasteiger partial charge in [-0.25, -0.2) is 8.42 Å². The van der Waals surface area contributed by atoms with Crippen molar-refractivity contribution in [2.24, 2.45) is 0 Å². The highest BCUT2D eigenvalue weighted by Crippen LogP contribution is 2.21. The minimum Gasteiger partial charge on any atom is -0.481 e. The molecule has 0 spiro atoms. The average Bonchev–Trinajstić information content (AvgIpc) is 2.77. The van der Waals surface area contributed by atoms with Crippen LogP contribution in [0.15, 0.2) is 12.2 Å². The van der Waals surface area contributed by atoms with Gasteiger partial charge in [0.2, 0.25) is 5.91 Å². The number of hydrogen-bond acceptors (Lipinski definition) is 5. The van der Waals surface area contributed by atoms with E-state index in [1.54, 1.807) is 0 Å². The predicted molar refractivity (Wildman–Crippen MR) is 99.3 cm³/mol. The number of nitrogens with zero attached hydrogens (tertiary/aromatic N) is 1. The van der Waals surface area contributed by atoms with Gasteiger partial charge in [0.15, 0.2) is 15.2 Å². The lowest BCUT2D eigenvalue weighted by atomic mass is 10.1. The van der Waals surface area contributed by atoms with E-state index in [1.165, 1.54) is 17.1 Å². The standard InChI is InChI=1S/C18H31NO6S/c1-2-3-6-9-15(20)11-12-17-19(16(21)14-26(17,24)25)13-8-5-4-7-10-18(22)23/h11-12,15,17,20H,2-10,13-14H2,1H3,(H,22,23). The number of carbonyl (C=O) groups is 2. The third-order valence-electron chi connectivity index (χ3n) is 4.46. The third kappa shape index (κ3) is 7.86. The molecule has 1 saturated heterocycles. The van der Waals surface area contributed by atoms with Crippen LogP contribution >= 0.6 is 0 Å². The number of carbonyl (C=O) groups excluding carboxylic acids is 1. The van der Waals surface area contributed by atoms with Gasteiger partial charge in [-0.2, -0.15) is 0 Å². The van der Waals surface area contributed by atoms with E-state index >= 15 is 0 Å². The molecule has 1 fully saturated rings. The number of rotatable bonds is 13. The van der Waals surface area contributed by atoms with Crippen LogP contribution in [0.25, 0.3) is 0 Å². The molecule has 0 aromatic carbocycles. The Labute approximate surface area is 156 Å². The molecule has 2 unspecified atom stereocenters. The van der Waals surface area contributed by atoms with Crippen molar-refractivity contribution in [1.82, 2.24) is 4.90 Å². The molecule has 1 heterocycles. The number of amides is 1. The van der Waals surface area contributed by atoms with Gasteiger partial charge in [0.05, 0.1) is 6.10 Å². The molecule has 0 aromatic heterocycles. The van der Waals surface area contributed by atoms with Crippen LogP contribution in [-0.4, -0.2) is 59.2 Å². The molecule has 0 saturated carbocycles. The normalized spacial score (nSPS) is 20.8. The Hall–Kier alpha value is -1.41. The summed E-state index contributed by atoms with van der Waals surface area (Å²) in [4.78, 5) is 23.8. The van der Waals surface area contributed by atoms with Crippen molar-refractivity contribution < 1.29 is 28.2 Å². The second-order valence-electron chi connectivity index (χ2n) is 6.79. The van der Waals surface area contributed by atoms with Gasteiger partial charge in [0.1, 0.15) is 5.75 Å². The first kappa shape index (κ1) is 22.6. The fourth-order valence-corrected chi connectivity index (χ4v) is 4.61. The highest BCUT2D eigenvalue weighted by molar-refractivity contribution is 7.93. The Morgan fingerprint density at radius 1 is 1.23 bits per heavy atom. The summed E-state index contributed by atoms with van der Waals surface area (Å²) >= 11 is 0. The van der Waals surface area contributed by atoms with Gasteiger partial charge in [0, 0.05) is 13.0 Å². The van der Waals surface area contributed by atoms with Crippen LogP contribution in [-0.2, 0) is 19.4 Å². The number of carboxylic acids is 1. The molecule has 0 radical (unpaired) electrons. The maximum Gasteiger partial charge on any atom is 0.303 e. The molecule has 0 aliphatic carbocycles. The summed E-state index contributed by atoms with van der Waals surface area (Å²) in [5.41, 5.74) is 0. The van der Waals surface area contributed by atoms with Crippen LogP contribution in [0.5, 0.6) is 0 Å². The number of hydrogen-bond donors (Lipinski definition) is 2. The predicted octanol–water partition coefficient (Wildman–Crippen LogP) is 2.10. The second kappa shape index (κ2) is 11.3. The molecule has 8 heteroatoms. The molecule has 26 heavy (non-hydrogen) atoms. The zero-order chi connectivity index (χ0) is 19.6. The molecule has 1 aliphatic rings. The number of aliphatic hydroxyl groups is 1. The molecular weight excluding hydrogens is 358 g/mol. The summed E-state index contributed by atoms with van der Waals surface area (Å²) < 4.78 is 24.4. The van der Waals surface area contributed by atoms with Crippen LogP contribution in [0.4, 0.5) is 0 Å². The second-order valence-corrected chi connectivity index (χ2v) is 8.89. The van der Waals surface area contributed by atoms with Crippen molar-refractivity contribution in [3.63, 3.8) is 0 Å². The van der Waals surface area contributed by atoms with Crippen LogP contribution in [0, 0.1) is 0 Å². The molecule has 7 nitrogen and oxygen atoms in total. The summed E-state index contributed by atoms with van der Waals surface area (Å²) in [5, 5.41) is 17.5. The number of unbranched alkanes of at least 4 members (excludes halogenated alkanes) is 5. The monoisotopic (exact) mass is 389 g/mol. The van der Waals surface area contributed by atoms with Gasteiger partial charge < -0.3 is 15.1 Å². The first-order valence-corrected chi connectivity index (χ1v) is 11.1. The molecule has 1 amide bonds. The van der Waals surface area contributed by atoms with Gasteiger partial charge in [-0.15, -0.1) is 0 Å². The Morgan fingerprint density at radius 2 is 1.92 bits per heavy atom. The van der Waals surface area contributed by atoms with E-state index in [2.05, 4.69) is 6.92 Å². The van der Waals surface area contributed by atoms with Crippen molar-refractivity contribution >= 4 is 21.7 Å². The van der Waals surface area contributed by atoms with E-state index in [0.29, 0.717) is 25.8 Å². The van der Waals surface area contributed by atoms with Crippen molar-refractivity contribution in [3.05, 3.63) is 12.2 Å². The molecular formula is C18H31NO6S. The zero-order valence-electron chi connectivity index (χ0n) is 15.5. The number of aliphatic carboxylic acids is 1. The van der Waals surface area contributed by atoms with E-state index in [9.17, 15) is 23.1 Å². The summed E-state index contributed by atoms with van der Waals surface area (Å²) in [7, 11) is -3.56. The number of aliphatic hydroxyl groups excluding tert-OH is 1. The highest BCUT2D eigenvalue weighted by atomic mass is 32.2. The number of sulfone groups is 1. The van der Waals surface area contributed by atoms with E-state index in [-0.39, 0.29) is 6.42 Å². The van der Waals surface area contributed by atoms with Crippen molar-refractivity contribution in [3.8, 4) is 0 Å². The third-order valence-corrected chi connectivity index (χ3v) is 6.26. The minimum absolute atomic E-state index is 0.123. The Balaban J connectivity index is 2.53. The van der Waals surface area contributed by atoms with Gasteiger partial charge in [-0.05, 0) is 25.3 Å².